The van der Waals surface area contributed by atoms with Crippen molar-refractivity contribution in [2.45, 2.75) is 26.1 Å². The molecule has 1 N–H and O–H groups in total. The Morgan fingerprint density at radius 1 is 1.19 bits per heavy atom. The Morgan fingerprint density at radius 3 is 2.48 bits per heavy atom. The molecule has 1 fully saturated rings. The van der Waals surface area contributed by atoms with Gasteiger partial charge in [-0.1, -0.05) is 11.4 Å². The monoisotopic (exact) mass is 323 g/mol. The zero-order chi connectivity index (χ0) is 15.3. The van der Waals surface area contributed by atoms with E-state index in [1.54, 1.807) is 0 Å². The van der Waals surface area contributed by atoms with Gasteiger partial charge in [0.15, 0.2) is 0 Å². The number of alkyl halides is 3. The van der Waals surface area contributed by atoms with Crippen LogP contribution in [0.1, 0.15) is 19.0 Å². The first-order valence-corrected chi connectivity index (χ1v) is 7.82. The zero-order valence-corrected chi connectivity index (χ0v) is 12.8. The van der Waals surface area contributed by atoms with Crippen molar-refractivity contribution in [3.05, 3.63) is 5.69 Å². The average Bonchev–Trinajstić information content (AvgIpc) is 2.84. The van der Waals surface area contributed by atoms with Gasteiger partial charge in [0.1, 0.15) is 10.7 Å². The van der Waals surface area contributed by atoms with Gasteiger partial charge in [-0.3, -0.25) is 9.80 Å². The van der Waals surface area contributed by atoms with Crippen LogP contribution >= 0.6 is 11.5 Å². The van der Waals surface area contributed by atoms with Gasteiger partial charge in [0, 0.05) is 50.8 Å². The molecule has 0 aromatic carbocycles. The van der Waals surface area contributed by atoms with Crippen molar-refractivity contribution < 1.29 is 13.2 Å². The molecule has 1 aromatic heterocycles. The molecule has 5 nitrogen and oxygen atoms in total. The molecule has 2 heterocycles. The van der Waals surface area contributed by atoms with Gasteiger partial charge in [-0.15, -0.1) is 5.10 Å². The molecule has 0 bridgehead atoms. The van der Waals surface area contributed by atoms with Crippen LogP contribution in [0.4, 0.5) is 18.2 Å². The van der Waals surface area contributed by atoms with Crippen molar-refractivity contribution in [2.75, 3.05) is 44.6 Å². The summed E-state index contributed by atoms with van der Waals surface area (Å²) in [5.41, 5.74) is 0.887. The highest BCUT2D eigenvalue weighted by Gasteiger charge is 2.32. The molecule has 9 heteroatoms. The number of hydrogen-bond donors (Lipinski definition) is 1. The van der Waals surface area contributed by atoms with Crippen LogP contribution in [0, 0.1) is 0 Å². The van der Waals surface area contributed by atoms with E-state index in [-0.39, 0.29) is 0 Å². The Labute approximate surface area is 126 Å². The first-order valence-electron chi connectivity index (χ1n) is 7.04. The number of nitrogens with one attached hydrogen (secondary N) is 1. The summed E-state index contributed by atoms with van der Waals surface area (Å²) < 4.78 is 40.9. The summed E-state index contributed by atoms with van der Waals surface area (Å²) in [4.78, 5) is 3.58. The Morgan fingerprint density at radius 2 is 1.86 bits per heavy atom. The van der Waals surface area contributed by atoms with E-state index in [4.69, 9.17) is 0 Å². The van der Waals surface area contributed by atoms with Crippen molar-refractivity contribution in [3.63, 3.8) is 0 Å². The van der Waals surface area contributed by atoms with Crippen molar-refractivity contribution in [2.24, 2.45) is 0 Å². The Bertz CT molecular complexity index is 429. The molecule has 1 aliphatic rings. The SMILES string of the molecule is CCCNc1snnc1CN1CCN(CC(F)(F)F)CC1. The van der Waals surface area contributed by atoms with Crippen LogP contribution in [0.25, 0.3) is 0 Å². The quantitative estimate of drug-likeness (QED) is 0.868. The van der Waals surface area contributed by atoms with E-state index in [1.807, 2.05) is 0 Å². The van der Waals surface area contributed by atoms with E-state index in [0.29, 0.717) is 32.7 Å². The summed E-state index contributed by atoms with van der Waals surface area (Å²) in [6, 6.07) is 0. The van der Waals surface area contributed by atoms with Gasteiger partial charge in [-0.05, 0) is 6.42 Å². The second-order valence-corrected chi connectivity index (χ2v) is 5.90. The second-order valence-electron chi connectivity index (χ2n) is 5.14. The molecule has 0 aliphatic carbocycles. The Balaban J connectivity index is 1.79. The molecule has 1 aromatic rings. The standard InChI is InChI=1S/C12H20F3N5S/c1-2-3-16-11-10(17-18-21-11)8-19-4-6-20(7-5-19)9-12(13,14)15/h16H,2-9H2,1H3. The summed E-state index contributed by atoms with van der Waals surface area (Å²) in [6.07, 6.45) is -3.09. The third kappa shape index (κ3) is 5.40. The maximum atomic E-state index is 12.3. The van der Waals surface area contributed by atoms with Crippen molar-refractivity contribution in [3.8, 4) is 0 Å². The summed E-state index contributed by atoms with van der Waals surface area (Å²) in [5, 5.41) is 8.36. The summed E-state index contributed by atoms with van der Waals surface area (Å²) in [5.74, 6) is 0. The molecule has 1 aliphatic heterocycles. The number of halogens is 3. The van der Waals surface area contributed by atoms with Gasteiger partial charge in [0.05, 0.1) is 6.54 Å². The average molecular weight is 323 g/mol. The van der Waals surface area contributed by atoms with Gasteiger partial charge >= 0.3 is 6.18 Å². The fourth-order valence-electron chi connectivity index (χ4n) is 2.26. The Kier molecular flexibility index (Phi) is 5.77. The minimum Gasteiger partial charge on any atom is -0.374 e. The lowest BCUT2D eigenvalue weighted by Gasteiger charge is -2.34. The van der Waals surface area contributed by atoms with E-state index in [0.717, 1.165) is 23.7 Å². The molecule has 1 saturated heterocycles. The lowest BCUT2D eigenvalue weighted by molar-refractivity contribution is -0.149. The fourth-order valence-corrected chi connectivity index (χ4v) is 2.85. The molecule has 21 heavy (non-hydrogen) atoms. The molecule has 0 saturated carbocycles. The third-order valence-electron chi connectivity index (χ3n) is 3.33. The van der Waals surface area contributed by atoms with Crippen molar-refractivity contribution in [1.82, 2.24) is 19.4 Å². The predicted molar refractivity (Wildman–Crippen MR) is 76.5 cm³/mol. The summed E-state index contributed by atoms with van der Waals surface area (Å²) in [7, 11) is 0. The van der Waals surface area contributed by atoms with Gasteiger partial charge < -0.3 is 5.32 Å². The predicted octanol–water partition coefficient (Wildman–Crippen LogP) is 2.04. The van der Waals surface area contributed by atoms with Gasteiger partial charge in [0.2, 0.25) is 0 Å². The first-order chi connectivity index (χ1) is 9.98. The highest BCUT2D eigenvalue weighted by molar-refractivity contribution is 7.10. The fraction of sp³-hybridized carbons (Fsp3) is 0.833. The molecule has 0 amide bonds. The summed E-state index contributed by atoms with van der Waals surface area (Å²) >= 11 is 1.33. The zero-order valence-electron chi connectivity index (χ0n) is 12.0. The maximum absolute atomic E-state index is 12.3. The van der Waals surface area contributed by atoms with Gasteiger partial charge in [-0.25, -0.2) is 0 Å². The van der Waals surface area contributed by atoms with Crippen LogP contribution in [0.3, 0.4) is 0 Å². The molecule has 2 rings (SSSR count). The van der Waals surface area contributed by atoms with E-state index < -0.39 is 12.7 Å². The number of anilines is 1. The van der Waals surface area contributed by atoms with E-state index in [9.17, 15) is 13.2 Å². The Hall–Kier alpha value is -0.930. The molecule has 0 unspecified atom stereocenters. The molecule has 0 atom stereocenters. The number of aromatic nitrogens is 2. The minimum absolute atomic E-state index is 0.439. The lowest BCUT2D eigenvalue weighted by Crippen LogP contribution is -2.48. The smallest absolute Gasteiger partial charge is 0.374 e. The lowest BCUT2D eigenvalue weighted by atomic mass is 10.3. The normalized spacial score (nSPS) is 18.1. The van der Waals surface area contributed by atoms with Gasteiger partial charge in [0.25, 0.3) is 0 Å². The first kappa shape index (κ1) is 16.4. The molecule has 120 valence electrons. The van der Waals surface area contributed by atoms with E-state index in [2.05, 4.69) is 26.7 Å². The third-order valence-corrected chi connectivity index (χ3v) is 4.06. The molecule has 0 radical (unpaired) electrons. The number of hydrogen-bond acceptors (Lipinski definition) is 6. The highest BCUT2D eigenvalue weighted by atomic mass is 32.1. The maximum Gasteiger partial charge on any atom is 0.401 e. The van der Waals surface area contributed by atoms with Crippen molar-refractivity contribution >= 4 is 16.5 Å². The largest absolute Gasteiger partial charge is 0.401 e. The topological polar surface area (TPSA) is 44.3 Å². The van der Waals surface area contributed by atoms with E-state index >= 15 is 0 Å². The van der Waals surface area contributed by atoms with Gasteiger partial charge in [-0.2, -0.15) is 13.2 Å². The number of piperazine rings is 1. The van der Waals surface area contributed by atoms with Crippen LogP contribution < -0.4 is 5.32 Å². The van der Waals surface area contributed by atoms with Crippen molar-refractivity contribution in [1.29, 1.82) is 0 Å². The molecular weight excluding hydrogens is 303 g/mol. The molecular formula is C12H20F3N5S. The van der Waals surface area contributed by atoms with Crippen LogP contribution in [0.5, 0.6) is 0 Å². The van der Waals surface area contributed by atoms with Crippen LogP contribution in [0.15, 0.2) is 0 Å². The summed E-state index contributed by atoms with van der Waals surface area (Å²) in [6.45, 7) is 4.91. The van der Waals surface area contributed by atoms with Crippen LogP contribution in [0.2, 0.25) is 0 Å². The second kappa shape index (κ2) is 7.37. The van der Waals surface area contributed by atoms with Crippen LogP contribution in [-0.4, -0.2) is 64.8 Å². The highest BCUT2D eigenvalue weighted by Crippen LogP contribution is 2.21. The minimum atomic E-state index is -4.11. The van der Waals surface area contributed by atoms with E-state index in [1.165, 1.54) is 16.4 Å². The number of rotatable bonds is 6. The molecule has 0 spiro atoms. The number of nitrogens with zero attached hydrogens (tertiary/aromatic N) is 4. The van der Waals surface area contributed by atoms with Crippen LogP contribution in [-0.2, 0) is 6.54 Å².